The van der Waals surface area contributed by atoms with Crippen molar-refractivity contribution in [3.8, 4) is 11.7 Å². The second-order valence-corrected chi connectivity index (χ2v) is 11.1. The molecular weight excluding hydrogens is 532 g/mol. The van der Waals surface area contributed by atoms with Gasteiger partial charge in [-0.1, -0.05) is 31.4 Å². The molecule has 224 valence electrons. The number of hydrogen-bond donors (Lipinski definition) is 2. The van der Waals surface area contributed by atoms with Crippen molar-refractivity contribution in [2.45, 2.75) is 70.9 Å². The van der Waals surface area contributed by atoms with Crippen molar-refractivity contribution in [3.63, 3.8) is 0 Å². The van der Waals surface area contributed by atoms with E-state index in [2.05, 4.69) is 25.5 Å². The van der Waals surface area contributed by atoms with Crippen molar-refractivity contribution in [1.82, 2.24) is 35.1 Å². The minimum atomic E-state index is -0.230. The number of aryl methyl sites for hydroxylation is 1. The summed E-state index contributed by atoms with van der Waals surface area (Å²) in [5.41, 5.74) is 1.95. The lowest BCUT2D eigenvalue weighted by molar-refractivity contribution is -0.121. The highest BCUT2D eigenvalue weighted by atomic mass is 16.5. The molecule has 1 saturated heterocycles. The Balaban J connectivity index is 1.26. The first-order valence-corrected chi connectivity index (χ1v) is 15.1. The Kier molecular flexibility index (Phi) is 9.89. The average Bonchev–Trinajstić information content (AvgIpc) is 3.54. The summed E-state index contributed by atoms with van der Waals surface area (Å²) in [5, 5.41) is 6.33. The minimum absolute atomic E-state index is 0.0413. The molecule has 11 nitrogen and oxygen atoms in total. The number of carbonyl (C=O) groups excluding carboxylic acids is 2. The van der Waals surface area contributed by atoms with Gasteiger partial charge in [0.05, 0.1) is 12.6 Å². The van der Waals surface area contributed by atoms with Crippen LogP contribution in [-0.4, -0.2) is 81.2 Å². The molecule has 3 heterocycles. The first-order chi connectivity index (χ1) is 20.5. The Bertz CT molecular complexity index is 1310. The summed E-state index contributed by atoms with van der Waals surface area (Å²) in [6.45, 7) is 6.62. The van der Waals surface area contributed by atoms with E-state index in [1.54, 1.807) is 23.3 Å². The summed E-state index contributed by atoms with van der Waals surface area (Å²) >= 11 is 0. The summed E-state index contributed by atoms with van der Waals surface area (Å²) < 4.78 is 7.29. The van der Waals surface area contributed by atoms with Crippen LogP contribution in [0.1, 0.15) is 56.7 Å². The molecule has 2 N–H and O–H groups in total. The van der Waals surface area contributed by atoms with Gasteiger partial charge in [0.15, 0.2) is 0 Å². The third-order valence-corrected chi connectivity index (χ3v) is 7.95. The monoisotopic (exact) mass is 574 g/mol. The summed E-state index contributed by atoms with van der Waals surface area (Å²) in [4.78, 5) is 44.0. The second-order valence-electron chi connectivity index (χ2n) is 11.1. The van der Waals surface area contributed by atoms with Crippen molar-refractivity contribution in [1.29, 1.82) is 0 Å². The van der Waals surface area contributed by atoms with Crippen LogP contribution in [0, 0.1) is 6.92 Å². The number of rotatable bonds is 10. The summed E-state index contributed by atoms with van der Waals surface area (Å²) in [7, 11) is 0. The maximum Gasteiger partial charge on any atom is 0.317 e. The van der Waals surface area contributed by atoms with Crippen molar-refractivity contribution in [2.75, 3.05) is 37.7 Å². The average molecular weight is 575 g/mol. The number of aromatic nitrogens is 4. The first kappa shape index (κ1) is 29.3. The lowest BCUT2D eigenvalue weighted by Gasteiger charge is -2.42. The lowest BCUT2D eigenvalue weighted by Crippen LogP contribution is -2.59. The zero-order chi connectivity index (χ0) is 29.3. The molecule has 11 heteroatoms. The number of hydrogen-bond acceptors (Lipinski definition) is 7. The number of amides is 3. The Morgan fingerprint density at radius 2 is 1.88 bits per heavy atom. The van der Waals surface area contributed by atoms with Gasteiger partial charge in [0, 0.05) is 62.8 Å². The molecule has 0 spiro atoms. The predicted molar refractivity (Wildman–Crippen MR) is 161 cm³/mol. The number of urea groups is 1. The van der Waals surface area contributed by atoms with E-state index in [4.69, 9.17) is 9.72 Å². The van der Waals surface area contributed by atoms with Crippen LogP contribution < -0.4 is 20.3 Å². The molecule has 0 radical (unpaired) electrons. The summed E-state index contributed by atoms with van der Waals surface area (Å²) in [5.74, 6) is 2.06. The molecule has 1 atom stereocenters. The zero-order valence-corrected chi connectivity index (χ0v) is 24.7. The second kappa shape index (κ2) is 14.2. The number of benzene rings is 1. The molecule has 1 saturated carbocycles. The van der Waals surface area contributed by atoms with Gasteiger partial charge in [0.25, 0.3) is 0 Å². The lowest BCUT2D eigenvalue weighted by atomic mass is 9.96. The van der Waals surface area contributed by atoms with Gasteiger partial charge in [0.2, 0.25) is 11.9 Å². The summed E-state index contributed by atoms with van der Waals surface area (Å²) in [6.07, 6.45) is 11.8. The number of anilines is 1. The maximum absolute atomic E-state index is 13.2. The van der Waals surface area contributed by atoms with E-state index in [1.807, 2.05) is 49.1 Å². The fourth-order valence-corrected chi connectivity index (χ4v) is 5.76. The third-order valence-electron chi connectivity index (χ3n) is 7.95. The van der Waals surface area contributed by atoms with E-state index in [-0.39, 0.29) is 30.4 Å². The van der Waals surface area contributed by atoms with Gasteiger partial charge in [0.1, 0.15) is 17.9 Å². The zero-order valence-electron chi connectivity index (χ0n) is 24.7. The Labute approximate surface area is 247 Å². The molecule has 0 bridgehead atoms. The molecule has 5 rings (SSSR count). The molecule has 1 aliphatic heterocycles. The Morgan fingerprint density at radius 3 is 2.62 bits per heavy atom. The van der Waals surface area contributed by atoms with E-state index in [1.165, 1.54) is 6.42 Å². The molecule has 3 amide bonds. The largest absolute Gasteiger partial charge is 0.494 e. The Hall–Kier alpha value is -4.15. The minimum Gasteiger partial charge on any atom is -0.494 e. The fourth-order valence-electron chi connectivity index (χ4n) is 5.76. The van der Waals surface area contributed by atoms with Gasteiger partial charge >= 0.3 is 6.03 Å². The number of nitrogens with one attached hydrogen (secondary N) is 2. The molecule has 2 fully saturated rings. The molecule has 2 aromatic heterocycles. The van der Waals surface area contributed by atoms with Gasteiger partial charge in [-0.15, -0.1) is 0 Å². The molecule has 3 aromatic rings. The van der Waals surface area contributed by atoms with Crippen molar-refractivity contribution in [3.05, 3.63) is 60.3 Å². The molecule has 1 aromatic carbocycles. The van der Waals surface area contributed by atoms with Crippen LogP contribution in [0.5, 0.6) is 5.75 Å². The van der Waals surface area contributed by atoms with Gasteiger partial charge in [-0.3, -0.25) is 9.36 Å². The number of piperazine rings is 1. The van der Waals surface area contributed by atoms with Gasteiger partial charge in [-0.2, -0.15) is 4.98 Å². The van der Waals surface area contributed by atoms with E-state index in [0.29, 0.717) is 38.7 Å². The van der Waals surface area contributed by atoms with E-state index in [9.17, 15) is 9.59 Å². The van der Waals surface area contributed by atoms with Crippen LogP contribution in [0.4, 0.5) is 10.6 Å². The topological polar surface area (TPSA) is 118 Å². The van der Waals surface area contributed by atoms with Crippen LogP contribution in [-0.2, 0) is 11.2 Å². The highest BCUT2D eigenvalue weighted by molar-refractivity contribution is 5.78. The van der Waals surface area contributed by atoms with Crippen LogP contribution in [0.3, 0.4) is 0 Å². The summed E-state index contributed by atoms with van der Waals surface area (Å²) in [6, 6.07) is 9.86. The van der Waals surface area contributed by atoms with E-state index in [0.717, 1.165) is 54.9 Å². The number of carbonyl (C=O) groups is 2. The number of nitrogens with zero attached hydrogens (tertiary/aromatic N) is 6. The molecule has 2 aliphatic rings. The van der Waals surface area contributed by atoms with Gasteiger partial charge < -0.3 is 25.2 Å². The van der Waals surface area contributed by atoms with Crippen LogP contribution in [0.2, 0.25) is 0 Å². The van der Waals surface area contributed by atoms with Crippen LogP contribution >= 0.6 is 0 Å². The molecule has 1 unspecified atom stereocenters. The normalized spacial score (nSPS) is 17.6. The fraction of sp³-hybridized carbons (Fsp3) is 0.516. The van der Waals surface area contributed by atoms with Crippen molar-refractivity contribution in [2.24, 2.45) is 0 Å². The van der Waals surface area contributed by atoms with Gasteiger partial charge in [-0.25, -0.2) is 14.8 Å². The highest BCUT2D eigenvalue weighted by Gasteiger charge is 2.33. The molecule has 42 heavy (non-hydrogen) atoms. The van der Waals surface area contributed by atoms with Crippen LogP contribution in [0.15, 0.2) is 49.1 Å². The third kappa shape index (κ3) is 7.77. The highest BCUT2D eigenvalue weighted by Crippen LogP contribution is 2.24. The van der Waals surface area contributed by atoms with Crippen molar-refractivity contribution >= 4 is 17.8 Å². The number of ether oxygens (including phenoxy) is 1. The molecule has 1 aliphatic carbocycles. The first-order valence-electron chi connectivity index (χ1n) is 15.1. The predicted octanol–water partition coefficient (Wildman–Crippen LogP) is 3.65. The number of imidazole rings is 1. The molecular formula is C31H42N8O3. The quantitative estimate of drug-likeness (QED) is 0.380. The standard InChI is InChI=1S/C31H42N8O3/c1-3-42-27-11-9-24(10-12-27)13-14-33-29(40)20-26-21-37(31(41)35-25-7-5-4-6-8-25)17-18-39(26)28-19-23(2)34-30(36-28)38-16-15-32-22-38/h9-12,15-16,19,22,25-26H,3-8,13-14,17-18,20-21H2,1-2H3,(H,33,40)(H,35,41). The van der Waals surface area contributed by atoms with E-state index >= 15 is 0 Å². The van der Waals surface area contributed by atoms with Gasteiger partial charge in [-0.05, 0) is 50.8 Å². The smallest absolute Gasteiger partial charge is 0.317 e. The van der Waals surface area contributed by atoms with Crippen LogP contribution in [0.25, 0.3) is 5.95 Å². The Morgan fingerprint density at radius 1 is 1.07 bits per heavy atom. The maximum atomic E-state index is 13.2. The van der Waals surface area contributed by atoms with Crippen molar-refractivity contribution < 1.29 is 14.3 Å². The van der Waals surface area contributed by atoms with E-state index < -0.39 is 0 Å². The SMILES string of the molecule is CCOc1ccc(CCNC(=O)CC2CN(C(=O)NC3CCCCC3)CCN2c2cc(C)nc(-n3ccnc3)n2)cc1.